The van der Waals surface area contributed by atoms with Crippen LogP contribution in [0.5, 0.6) is 0 Å². The highest BCUT2D eigenvalue weighted by Crippen LogP contribution is 2.38. The van der Waals surface area contributed by atoms with Crippen LogP contribution in [-0.2, 0) is 0 Å². The van der Waals surface area contributed by atoms with Gasteiger partial charge in [0, 0.05) is 6.23 Å². The van der Waals surface area contributed by atoms with Crippen LogP contribution in [0.2, 0.25) is 11.6 Å². The molecule has 1 heterocycles. The topological polar surface area (TPSA) is 23.5 Å². The van der Waals surface area contributed by atoms with Crippen LogP contribution in [-0.4, -0.2) is 43.9 Å². The van der Waals surface area contributed by atoms with Crippen molar-refractivity contribution in [3.63, 3.8) is 0 Å². The average molecular weight is 346 g/mol. The van der Waals surface area contributed by atoms with E-state index in [4.69, 9.17) is 0 Å². The van der Waals surface area contributed by atoms with Crippen LogP contribution in [0.15, 0.2) is 30.3 Å². The molecule has 3 rings (SSSR count). The van der Waals surface area contributed by atoms with Gasteiger partial charge < -0.3 is 10.0 Å². The van der Waals surface area contributed by atoms with Gasteiger partial charge in [-0.3, -0.25) is 0 Å². The monoisotopic (exact) mass is 345 g/mol. The summed E-state index contributed by atoms with van der Waals surface area (Å²) in [5.41, 5.74) is 0.783. The van der Waals surface area contributed by atoms with Crippen LogP contribution in [0, 0.1) is 0 Å². The van der Waals surface area contributed by atoms with Gasteiger partial charge in [0.25, 0.3) is 0 Å². The molecule has 1 N–H and O–H groups in total. The van der Waals surface area contributed by atoms with E-state index in [0.29, 0.717) is 6.23 Å². The van der Waals surface area contributed by atoms with Crippen LogP contribution >= 0.6 is 0 Å². The minimum Gasteiger partial charge on any atom is -0.399 e. The van der Waals surface area contributed by atoms with Gasteiger partial charge in [0.15, 0.2) is 0 Å². The molecule has 1 aliphatic carbocycles. The lowest BCUT2D eigenvalue weighted by atomic mass is 10.0. The molecule has 2 nitrogen and oxygen atoms in total. The first-order chi connectivity index (χ1) is 11.8. The van der Waals surface area contributed by atoms with E-state index >= 15 is 0 Å². The van der Waals surface area contributed by atoms with Gasteiger partial charge in [-0.05, 0) is 44.1 Å². The van der Waals surface area contributed by atoms with Crippen molar-refractivity contribution >= 4 is 13.3 Å². The molecule has 1 aromatic rings. The second-order valence-corrected chi connectivity index (χ2v) is 12.5. The lowest BCUT2D eigenvalue weighted by Gasteiger charge is -2.41. The van der Waals surface area contributed by atoms with Crippen molar-refractivity contribution in [1.29, 1.82) is 0 Å². The van der Waals surface area contributed by atoms with E-state index in [-0.39, 0.29) is 0 Å². The van der Waals surface area contributed by atoms with Crippen molar-refractivity contribution < 1.29 is 5.11 Å². The maximum atomic E-state index is 10.6. The molecular formula is C21H35NOSi. The third kappa shape index (κ3) is 4.30. The molecule has 134 valence electrons. The Morgan fingerprint density at radius 3 is 2.12 bits per heavy atom. The summed E-state index contributed by atoms with van der Waals surface area (Å²) in [6, 6.07) is 12.4. The molecule has 3 heteroatoms. The molecule has 1 atom stereocenters. The summed E-state index contributed by atoms with van der Waals surface area (Å²) in [6.45, 7) is 3.75. The minimum absolute atomic E-state index is 0.440. The SMILES string of the molecule is OC[Si@](CCN1CCCCCC1)(c1ccccc1)C1CCCCC1. The molecule has 1 saturated carbocycles. The molecule has 2 fully saturated rings. The first kappa shape index (κ1) is 18.2. The third-order valence-corrected chi connectivity index (χ3v) is 11.9. The Bertz CT molecular complexity index is 466. The standard InChI is InChI=1S/C21H35NOSi/c23-19-24(20-11-5-3-6-12-20,21-13-7-4-8-14-21)18-17-22-15-9-1-2-10-16-22/h3,5-6,11-12,21,23H,1-2,4,7-10,13-19H2/t24-/m1/s1. The summed E-state index contributed by atoms with van der Waals surface area (Å²) in [4.78, 5) is 2.69. The highest BCUT2D eigenvalue weighted by atomic mass is 28.3. The summed E-state index contributed by atoms with van der Waals surface area (Å²) in [5.74, 6) is 0. The molecule has 0 spiro atoms. The molecule has 2 aliphatic rings. The number of likely N-dealkylation sites (tertiary alicyclic amines) is 1. The van der Waals surface area contributed by atoms with Crippen molar-refractivity contribution in [1.82, 2.24) is 4.90 Å². The van der Waals surface area contributed by atoms with E-state index in [1.54, 1.807) is 0 Å². The minimum atomic E-state index is -1.83. The quantitative estimate of drug-likeness (QED) is 0.785. The number of benzene rings is 1. The van der Waals surface area contributed by atoms with Crippen molar-refractivity contribution in [3.8, 4) is 0 Å². The summed E-state index contributed by atoms with van der Waals surface area (Å²) in [5, 5.41) is 12.1. The zero-order valence-corrected chi connectivity index (χ0v) is 16.3. The Kier molecular flexibility index (Phi) is 6.93. The van der Waals surface area contributed by atoms with Gasteiger partial charge in [0.2, 0.25) is 0 Å². The number of hydrogen-bond donors (Lipinski definition) is 1. The molecule has 1 aromatic carbocycles. The van der Waals surface area contributed by atoms with Gasteiger partial charge in [0.05, 0.1) is 0 Å². The largest absolute Gasteiger partial charge is 0.399 e. The van der Waals surface area contributed by atoms with Crippen molar-refractivity contribution in [2.45, 2.75) is 69.4 Å². The molecule has 1 saturated heterocycles. The molecule has 0 amide bonds. The summed E-state index contributed by atoms with van der Waals surface area (Å²) in [6.07, 6.45) is 12.8. The third-order valence-electron chi connectivity index (χ3n) is 6.59. The van der Waals surface area contributed by atoms with Gasteiger partial charge in [-0.1, -0.05) is 80.5 Å². The van der Waals surface area contributed by atoms with E-state index in [1.807, 2.05) is 0 Å². The average Bonchev–Trinajstić information content (AvgIpc) is 2.93. The van der Waals surface area contributed by atoms with Gasteiger partial charge in [-0.2, -0.15) is 0 Å². The Morgan fingerprint density at radius 2 is 1.50 bits per heavy atom. The number of rotatable bonds is 6. The smallest absolute Gasteiger partial charge is 0.119 e. The van der Waals surface area contributed by atoms with E-state index < -0.39 is 8.07 Å². The zero-order valence-electron chi connectivity index (χ0n) is 15.3. The normalized spacial score (nSPS) is 23.5. The fraction of sp³-hybridized carbons (Fsp3) is 0.714. The maximum Gasteiger partial charge on any atom is 0.119 e. The second kappa shape index (κ2) is 9.16. The lowest BCUT2D eigenvalue weighted by Crippen LogP contribution is -2.57. The molecule has 1 aliphatic heterocycles. The van der Waals surface area contributed by atoms with Crippen molar-refractivity contribution in [2.75, 3.05) is 25.9 Å². The molecule has 0 unspecified atom stereocenters. The van der Waals surface area contributed by atoms with Crippen molar-refractivity contribution in [3.05, 3.63) is 30.3 Å². The molecule has 0 aromatic heterocycles. The van der Waals surface area contributed by atoms with Gasteiger partial charge in [-0.25, -0.2) is 0 Å². The second-order valence-electron chi connectivity index (χ2n) is 8.02. The highest BCUT2D eigenvalue weighted by molar-refractivity contribution is 6.93. The number of aliphatic hydroxyl groups is 1. The fourth-order valence-corrected chi connectivity index (χ4v) is 9.88. The molecule has 0 radical (unpaired) electrons. The number of hydrogen-bond acceptors (Lipinski definition) is 2. The summed E-state index contributed by atoms with van der Waals surface area (Å²) < 4.78 is 0. The summed E-state index contributed by atoms with van der Waals surface area (Å²) in [7, 11) is -1.83. The predicted molar refractivity (Wildman–Crippen MR) is 105 cm³/mol. The predicted octanol–water partition coefficient (Wildman–Crippen LogP) is 4.08. The molecule has 0 bridgehead atoms. The summed E-state index contributed by atoms with van der Waals surface area (Å²) >= 11 is 0. The van der Waals surface area contributed by atoms with Gasteiger partial charge in [-0.15, -0.1) is 0 Å². The van der Waals surface area contributed by atoms with Crippen LogP contribution in [0.25, 0.3) is 0 Å². The maximum absolute atomic E-state index is 10.6. The Balaban J connectivity index is 1.77. The first-order valence-electron chi connectivity index (χ1n) is 10.2. The van der Waals surface area contributed by atoms with Crippen LogP contribution < -0.4 is 5.19 Å². The van der Waals surface area contributed by atoms with E-state index in [9.17, 15) is 5.11 Å². The molecular weight excluding hydrogens is 310 g/mol. The molecule has 24 heavy (non-hydrogen) atoms. The fourth-order valence-electron chi connectivity index (χ4n) is 5.03. The van der Waals surface area contributed by atoms with Gasteiger partial charge in [0.1, 0.15) is 8.07 Å². The Labute approximate surface area is 149 Å². The van der Waals surface area contributed by atoms with Crippen LogP contribution in [0.3, 0.4) is 0 Å². The highest BCUT2D eigenvalue weighted by Gasteiger charge is 2.42. The van der Waals surface area contributed by atoms with E-state index in [0.717, 1.165) is 5.54 Å². The number of aliphatic hydroxyl groups excluding tert-OH is 1. The Morgan fingerprint density at radius 1 is 0.875 bits per heavy atom. The van der Waals surface area contributed by atoms with Gasteiger partial charge >= 0.3 is 0 Å². The Hall–Kier alpha value is -0.643. The first-order valence-corrected chi connectivity index (χ1v) is 12.7. The lowest BCUT2D eigenvalue weighted by molar-refractivity contribution is 0.294. The number of nitrogens with zero attached hydrogens (tertiary/aromatic N) is 1. The van der Waals surface area contributed by atoms with Crippen LogP contribution in [0.1, 0.15) is 57.8 Å². The van der Waals surface area contributed by atoms with E-state index in [2.05, 4.69) is 35.2 Å². The van der Waals surface area contributed by atoms with E-state index in [1.165, 1.54) is 88.7 Å². The zero-order chi connectivity index (χ0) is 16.7. The van der Waals surface area contributed by atoms with Crippen LogP contribution in [0.4, 0.5) is 0 Å². The van der Waals surface area contributed by atoms with Crippen molar-refractivity contribution in [2.24, 2.45) is 0 Å².